The summed E-state index contributed by atoms with van der Waals surface area (Å²) in [6.45, 7) is -0.491. The predicted octanol–water partition coefficient (Wildman–Crippen LogP) is 4.39. The van der Waals surface area contributed by atoms with Gasteiger partial charge in [0.25, 0.3) is 0 Å². The minimum absolute atomic E-state index is 0.0337. The van der Waals surface area contributed by atoms with E-state index in [9.17, 15) is 9.59 Å². The lowest BCUT2D eigenvalue weighted by atomic mass is 9.78. The lowest BCUT2D eigenvalue weighted by molar-refractivity contribution is -0.139. The Morgan fingerprint density at radius 1 is 1.22 bits per heavy atom. The quantitative estimate of drug-likeness (QED) is 0.868. The first-order chi connectivity index (χ1) is 11.0. The number of halogens is 2. The van der Waals surface area contributed by atoms with E-state index in [0.29, 0.717) is 17.9 Å². The molecule has 0 heterocycles. The summed E-state index contributed by atoms with van der Waals surface area (Å²) >= 11 is 12.4. The van der Waals surface area contributed by atoms with Crippen LogP contribution in [-0.4, -0.2) is 23.5 Å². The molecule has 2 aliphatic carbocycles. The number of aliphatic carboxylic acids is 1. The van der Waals surface area contributed by atoms with E-state index in [4.69, 9.17) is 33.0 Å². The van der Waals surface area contributed by atoms with Gasteiger partial charge in [0, 0.05) is 11.5 Å². The van der Waals surface area contributed by atoms with Crippen molar-refractivity contribution in [2.45, 2.75) is 38.5 Å². The molecule has 23 heavy (non-hydrogen) atoms. The fraction of sp³-hybridized carbons (Fsp3) is 0.529. The van der Waals surface area contributed by atoms with Crippen molar-refractivity contribution in [1.29, 1.82) is 0 Å². The number of carbonyl (C=O) groups excluding carboxylic acids is 1. The van der Waals surface area contributed by atoms with Gasteiger partial charge >= 0.3 is 5.97 Å². The van der Waals surface area contributed by atoms with Gasteiger partial charge in [0.15, 0.2) is 12.4 Å². The second kappa shape index (κ2) is 6.70. The number of ketones is 1. The first-order valence-corrected chi connectivity index (χ1v) is 8.64. The zero-order valence-electron chi connectivity index (χ0n) is 12.6. The zero-order chi connectivity index (χ0) is 16.6. The summed E-state index contributed by atoms with van der Waals surface area (Å²) in [5.41, 5.74) is 1.32. The van der Waals surface area contributed by atoms with Crippen LogP contribution in [0.25, 0.3) is 0 Å². The molecule has 0 spiro atoms. The molecule has 4 nitrogen and oxygen atoms in total. The molecule has 1 saturated carbocycles. The predicted molar refractivity (Wildman–Crippen MR) is 87.7 cm³/mol. The Labute approximate surface area is 144 Å². The van der Waals surface area contributed by atoms with Gasteiger partial charge < -0.3 is 9.84 Å². The van der Waals surface area contributed by atoms with Gasteiger partial charge in [-0.15, -0.1) is 0 Å². The van der Waals surface area contributed by atoms with E-state index in [1.165, 1.54) is 19.3 Å². The van der Waals surface area contributed by atoms with Crippen LogP contribution in [0.4, 0.5) is 0 Å². The average molecular weight is 357 g/mol. The van der Waals surface area contributed by atoms with Gasteiger partial charge in [-0.05, 0) is 36.8 Å². The molecule has 0 aliphatic heterocycles. The molecule has 1 N–H and O–H groups in total. The Kier molecular flexibility index (Phi) is 4.83. The maximum absolute atomic E-state index is 12.8. The third-order valence-electron chi connectivity index (χ3n) is 4.85. The number of Topliss-reactive ketones (excluding diaryl/α,β-unsaturated/α-hetero) is 1. The Bertz CT molecular complexity index is 650. The molecule has 1 fully saturated rings. The summed E-state index contributed by atoms with van der Waals surface area (Å²) < 4.78 is 5.19. The van der Waals surface area contributed by atoms with Crippen molar-refractivity contribution < 1.29 is 19.4 Å². The van der Waals surface area contributed by atoms with Gasteiger partial charge in [0.2, 0.25) is 0 Å². The molecule has 6 heteroatoms. The maximum Gasteiger partial charge on any atom is 0.341 e. The lowest BCUT2D eigenvalue weighted by Gasteiger charge is -2.26. The van der Waals surface area contributed by atoms with Crippen LogP contribution in [0, 0.1) is 11.8 Å². The number of benzene rings is 1. The summed E-state index contributed by atoms with van der Waals surface area (Å²) in [7, 11) is 0. The van der Waals surface area contributed by atoms with Gasteiger partial charge in [-0.1, -0.05) is 42.5 Å². The fourth-order valence-electron chi connectivity index (χ4n) is 3.76. The number of carbonyl (C=O) groups is 2. The van der Waals surface area contributed by atoms with Crippen LogP contribution >= 0.6 is 23.2 Å². The maximum atomic E-state index is 12.8. The van der Waals surface area contributed by atoms with Gasteiger partial charge in [-0.2, -0.15) is 0 Å². The van der Waals surface area contributed by atoms with Crippen LogP contribution in [0.3, 0.4) is 0 Å². The number of hydrogen-bond donors (Lipinski definition) is 1. The van der Waals surface area contributed by atoms with Gasteiger partial charge in [-0.25, -0.2) is 4.79 Å². The molecule has 0 amide bonds. The molecular formula is C17H18Cl2O4. The normalized spacial score (nSPS) is 21.3. The number of ether oxygens (including phenoxy) is 1. The lowest BCUT2D eigenvalue weighted by Crippen LogP contribution is -2.23. The van der Waals surface area contributed by atoms with E-state index in [-0.39, 0.29) is 27.5 Å². The van der Waals surface area contributed by atoms with Crippen molar-refractivity contribution in [3.05, 3.63) is 27.2 Å². The first-order valence-electron chi connectivity index (χ1n) is 7.88. The topological polar surface area (TPSA) is 63.6 Å². The van der Waals surface area contributed by atoms with Crippen LogP contribution in [-0.2, 0) is 11.2 Å². The van der Waals surface area contributed by atoms with E-state index < -0.39 is 12.6 Å². The van der Waals surface area contributed by atoms with Crippen molar-refractivity contribution in [1.82, 2.24) is 0 Å². The van der Waals surface area contributed by atoms with Crippen molar-refractivity contribution >= 4 is 35.0 Å². The summed E-state index contributed by atoms with van der Waals surface area (Å²) in [5, 5.41) is 9.03. The number of carboxylic acid groups (broad SMARTS) is 1. The number of carboxylic acids is 1. The molecule has 2 aliphatic rings. The highest BCUT2D eigenvalue weighted by Gasteiger charge is 2.39. The smallest absolute Gasteiger partial charge is 0.341 e. The fourth-order valence-corrected chi connectivity index (χ4v) is 4.27. The Hall–Kier alpha value is -1.26. The largest absolute Gasteiger partial charge is 0.480 e. The molecule has 3 rings (SSSR count). The van der Waals surface area contributed by atoms with Crippen LogP contribution in [0.15, 0.2) is 6.07 Å². The number of rotatable bonds is 4. The molecule has 1 unspecified atom stereocenters. The van der Waals surface area contributed by atoms with E-state index in [0.717, 1.165) is 18.4 Å². The minimum Gasteiger partial charge on any atom is -0.480 e. The van der Waals surface area contributed by atoms with Crippen LogP contribution in [0.2, 0.25) is 10.0 Å². The minimum atomic E-state index is -1.09. The molecule has 0 saturated heterocycles. The summed E-state index contributed by atoms with van der Waals surface area (Å²) in [6.07, 6.45) is 6.39. The monoisotopic (exact) mass is 356 g/mol. The highest BCUT2D eigenvalue weighted by molar-refractivity contribution is 6.45. The second-order valence-electron chi connectivity index (χ2n) is 6.29. The third-order valence-corrected chi connectivity index (χ3v) is 5.70. The number of fused-ring (bicyclic) bond motifs is 1. The molecule has 0 aromatic heterocycles. The third kappa shape index (κ3) is 3.20. The van der Waals surface area contributed by atoms with Gasteiger partial charge in [0.1, 0.15) is 10.8 Å². The van der Waals surface area contributed by atoms with E-state index in [1.54, 1.807) is 6.07 Å². The molecule has 0 bridgehead atoms. The summed E-state index contributed by atoms with van der Waals surface area (Å²) in [5.74, 6) is -0.414. The molecule has 1 atom stereocenters. The molecule has 1 aromatic carbocycles. The van der Waals surface area contributed by atoms with Crippen LogP contribution in [0.5, 0.6) is 5.75 Å². The second-order valence-corrected chi connectivity index (χ2v) is 7.05. The highest BCUT2D eigenvalue weighted by Crippen LogP contribution is 2.45. The zero-order valence-corrected chi connectivity index (χ0v) is 14.1. The first kappa shape index (κ1) is 16.6. The molecular weight excluding hydrogens is 339 g/mol. The Morgan fingerprint density at radius 3 is 2.57 bits per heavy atom. The van der Waals surface area contributed by atoms with Crippen molar-refractivity contribution in [3.63, 3.8) is 0 Å². The average Bonchev–Trinajstić information content (AvgIpc) is 2.87. The molecule has 124 valence electrons. The van der Waals surface area contributed by atoms with Gasteiger partial charge in [-0.3, -0.25) is 4.79 Å². The van der Waals surface area contributed by atoms with E-state index in [2.05, 4.69) is 0 Å². The summed E-state index contributed by atoms with van der Waals surface area (Å²) in [6, 6.07) is 1.67. The molecule has 1 aromatic rings. The van der Waals surface area contributed by atoms with Crippen LogP contribution < -0.4 is 4.74 Å². The van der Waals surface area contributed by atoms with Crippen molar-refractivity contribution in [2.75, 3.05) is 6.61 Å². The molecule has 0 radical (unpaired) electrons. The standard InChI is InChI=1S/C17H18Cl2O4/c18-15-12(23-8-13(20)21)7-10-6-11(9-4-2-1-3-5-9)17(22)14(10)16(15)19/h7,9,11H,1-6,8H2,(H,20,21). The van der Waals surface area contributed by atoms with Crippen molar-refractivity contribution in [3.8, 4) is 5.75 Å². The Balaban J connectivity index is 1.88. The summed E-state index contributed by atoms with van der Waals surface area (Å²) in [4.78, 5) is 23.4. The van der Waals surface area contributed by atoms with E-state index >= 15 is 0 Å². The SMILES string of the molecule is O=C(O)COc1cc2c(c(Cl)c1Cl)C(=O)C(C1CCCCC1)C2. The van der Waals surface area contributed by atoms with Gasteiger partial charge in [0.05, 0.1) is 5.02 Å². The van der Waals surface area contributed by atoms with E-state index in [1.807, 2.05) is 0 Å². The highest BCUT2D eigenvalue weighted by atomic mass is 35.5. The van der Waals surface area contributed by atoms with Crippen LogP contribution in [0.1, 0.15) is 48.0 Å². The van der Waals surface area contributed by atoms with Crippen molar-refractivity contribution in [2.24, 2.45) is 11.8 Å². The number of hydrogen-bond acceptors (Lipinski definition) is 3. The Morgan fingerprint density at radius 2 is 1.91 bits per heavy atom.